The highest BCUT2D eigenvalue weighted by molar-refractivity contribution is 14.0. The van der Waals surface area contributed by atoms with Crippen LogP contribution in [0.25, 0.3) is 0 Å². The van der Waals surface area contributed by atoms with Gasteiger partial charge in [-0.1, -0.05) is 12.8 Å². The maximum absolute atomic E-state index is 11.9. The lowest BCUT2D eigenvalue weighted by Gasteiger charge is -2.31. The van der Waals surface area contributed by atoms with E-state index < -0.39 is 11.2 Å². The third-order valence-corrected chi connectivity index (χ3v) is 5.20. The molecule has 28 heavy (non-hydrogen) atoms. The van der Waals surface area contributed by atoms with Crippen LogP contribution >= 0.6 is 24.0 Å². The number of hydrogen-bond donors (Lipinski definition) is 4. The molecule has 2 aliphatic carbocycles. The molecule has 0 heterocycles. The van der Waals surface area contributed by atoms with Gasteiger partial charge in [-0.15, -0.1) is 24.0 Å². The molecular weight excluding hydrogens is 471 g/mol. The Hall–Kier alpha value is -0.770. The fraction of sp³-hybridized carbons (Fsp3) is 0.900. The number of carbonyl (C=O) groups excluding carboxylic acids is 1. The number of aliphatic imine (C=N–C) groups is 1. The Morgan fingerprint density at radius 1 is 1.11 bits per heavy atom. The van der Waals surface area contributed by atoms with Gasteiger partial charge in [-0.3, -0.25) is 4.99 Å². The third-order valence-electron chi connectivity index (χ3n) is 5.20. The van der Waals surface area contributed by atoms with Gasteiger partial charge in [-0.05, 0) is 66.2 Å². The molecule has 164 valence electrons. The zero-order valence-electron chi connectivity index (χ0n) is 17.8. The van der Waals surface area contributed by atoms with E-state index >= 15 is 0 Å². The van der Waals surface area contributed by atoms with E-state index in [-0.39, 0.29) is 36.1 Å². The number of ether oxygens (including phenoxy) is 1. The lowest BCUT2D eigenvalue weighted by atomic mass is 9.91. The van der Waals surface area contributed by atoms with Crippen molar-refractivity contribution in [2.75, 3.05) is 13.1 Å². The molecule has 0 aromatic heterocycles. The first-order chi connectivity index (χ1) is 12.7. The summed E-state index contributed by atoms with van der Waals surface area (Å²) in [5.41, 5.74) is -1.10. The molecule has 0 radical (unpaired) electrons. The van der Waals surface area contributed by atoms with Crippen LogP contribution in [-0.4, -0.2) is 53.5 Å². The summed E-state index contributed by atoms with van der Waals surface area (Å²) < 4.78 is 5.34. The minimum atomic E-state index is -0.628. The van der Waals surface area contributed by atoms with Gasteiger partial charge in [0.25, 0.3) is 0 Å². The van der Waals surface area contributed by atoms with Crippen molar-refractivity contribution < 1.29 is 14.6 Å². The summed E-state index contributed by atoms with van der Waals surface area (Å²) in [7, 11) is 0. The molecule has 0 spiro atoms. The fourth-order valence-corrected chi connectivity index (χ4v) is 3.79. The van der Waals surface area contributed by atoms with Crippen molar-refractivity contribution in [3.63, 3.8) is 0 Å². The van der Waals surface area contributed by atoms with Crippen LogP contribution in [0.1, 0.15) is 79.1 Å². The second-order valence-corrected chi connectivity index (χ2v) is 8.97. The Bertz CT molecular complexity index is 508. The molecule has 0 atom stereocenters. The maximum atomic E-state index is 11.9. The highest BCUT2D eigenvalue weighted by Gasteiger charge is 2.31. The SMILES string of the molecule is CCNC(=NCC1(O)CCCC1)NC1CCC(NC(=O)OC(C)(C)C)CC1.I. The van der Waals surface area contributed by atoms with Gasteiger partial charge >= 0.3 is 6.09 Å². The molecule has 0 saturated heterocycles. The zero-order chi connectivity index (χ0) is 19.9. The summed E-state index contributed by atoms with van der Waals surface area (Å²) in [6, 6.07) is 0.495. The lowest BCUT2D eigenvalue weighted by Crippen LogP contribution is -2.48. The van der Waals surface area contributed by atoms with E-state index in [1.54, 1.807) is 0 Å². The lowest BCUT2D eigenvalue weighted by molar-refractivity contribution is 0.0490. The topological polar surface area (TPSA) is 95.0 Å². The molecule has 0 aromatic carbocycles. The van der Waals surface area contributed by atoms with Gasteiger partial charge in [0.2, 0.25) is 0 Å². The number of aliphatic hydroxyl groups is 1. The standard InChI is InChI=1S/C20H38N4O3.HI/c1-5-21-17(22-14-20(26)12-6-7-13-20)23-15-8-10-16(11-9-15)24-18(25)27-19(2,3)4;/h15-16,26H,5-14H2,1-4H3,(H,24,25)(H2,21,22,23);1H. The van der Waals surface area contributed by atoms with Crippen LogP contribution in [0.4, 0.5) is 4.79 Å². The molecule has 7 nitrogen and oxygen atoms in total. The first-order valence-corrected chi connectivity index (χ1v) is 10.5. The molecular formula is C20H39IN4O3. The summed E-state index contributed by atoms with van der Waals surface area (Å²) in [4.78, 5) is 16.5. The van der Waals surface area contributed by atoms with E-state index in [0.29, 0.717) is 12.6 Å². The van der Waals surface area contributed by atoms with Crippen LogP contribution in [0.15, 0.2) is 4.99 Å². The van der Waals surface area contributed by atoms with E-state index in [1.807, 2.05) is 27.7 Å². The quantitative estimate of drug-likeness (QED) is 0.259. The monoisotopic (exact) mass is 510 g/mol. The molecule has 2 fully saturated rings. The van der Waals surface area contributed by atoms with Gasteiger partial charge in [0.15, 0.2) is 5.96 Å². The third kappa shape index (κ3) is 9.15. The second kappa shape index (κ2) is 11.4. The number of guanidine groups is 1. The summed E-state index contributed by atoms with van der Waals surface area (Å²) in [5, 5.41) is 20.2. The zero-order valence-corrected chi connectivity index (χ0v) is 20.2. The Kier molecular flexibility index (Phi) is 10.3. The molecule has 2 rings (SSSR count). The summed E-state index contributed by atoms with van der Waals surface area (Å²) >= 11 is 0. The van der Waals surface area contributed by atoms with E-state index in [4.69, 9.17) is 4.74 Å². The first-order valence-electron chi connectivity index (χ1n) is 10.5. The number of alkyl carbamates (subject to hydrolysis) is 1. The van der Waals surface area contributed by atoms with Gasteiger partial charge in [-0.25, -0.2) is 4.79 Å². The summed E-state index contributed by atoms with van der Waals surface area (Å²) in [6.07, 6.45) is 7.30. The van der Waals surface area contributed by atoms with Gasteiger partial charge in [0.05, 0.1) is 12.1 Å². The molecule has 1 amide bonds. The number of nitrogens with zero attached hydrogens (tertiary/aromatic N) is 1. The number of amides is 1. The van der Waals surface area contributed by atoms with E-state index in [1.165, 1.54) is 0 Å². The Morgan fingerprint density at radius 3 is 2.14 bits per heavy atom. The average Bonchev–Trinajstić information content (AvgIpc) is 3.00. The van der Waals surface area contributed by atoms with Crippen molar-refractivity contribution in [2.45, 2.75) is 102 Å². The highest BCUT2D eigenvalue weighted by atomic mass is 127. The average molecular weight is 510 g/mol. The molecule has 0 aliphatic heterocycles. The van der Waals surface area contributed by atoms with Crippen molar-refractivity contribution in [1.82, 2.24) is 16.0 Å². The van der Waals surface area contributed by atoms with Crippen LogP contribution in [-0.2, 0) is 4.74 Å². The van der Waals surface area contributed by atoms with Crippen molar-refractivity contribution in [1.29, 1.82) is 0 Å². The normalized spacial score (nSPS) is 24.8. The highest BCUT2D eigenvalue weighted by Crippen LogP contribution is 2.29. The largest absolute Gasteiger partial charge is 0.444 e. The van der Waals surface area contributed by atoms with Gasteiger partial charge in [0, 0.05) is 18.6 Å². The van der Waals surface area contributed by atoms with Crippen molar-refractivity contribution >= 4 is 36.0 Å². The molecule has 0 unspecified atom stereocenters. The van der Waals surface area contributed by atoms with Crippen LogP contribution in [0.2, 0.25) is 0 Å². The Balaban J connectivity index is 0.00000392. The van der Waals surface area contributed by atoms with Crippen molar-refractivity contribution in [3.8, 4) is 0 Å². The number of rotatable bonds is 5. The van der Waals surface area contributed by atoms with Gasteiger partial charge < -0.3 is 25.8 Å². The number of hydrogen-bond acceptors (Lipinski definition) is 4. The molecule has 0 aromatic rings. The number of carbonyl (C=O) groups is 1. The second-order valence-electron chi connectivity index (χ2n) is 8.97. The van der Waals surface area contributed by atoms with E-state index in [2.05, 4.69) is 20.9 Å². The first kappa shape index (κ1) is 25.3. The van der Waals surface area contributed by atoms with Gasteiger partial charge in [0.1, 0.15) is 5.60 Å². The predicted octanol–water partition coefficient (Wildman–Crippen LogP) is 3.30. The Morgan fingerprint density at radius 2 is 1.64 bits per heavy atom. The predicted molar refractivity (Wildman–Crippen MR) is 123 cm³/mol. The summed E-state index contributed by atoms with van der Waals surface area (Å²) in [6.45, 7) is 8.91. The smallest absolute Gasteiger partial charge is 0.407 e. The maximum Gasteiger partial charge on any atom is 0.407 e. The van der Waals surface area contributed by atoms with Crippen LogP contribution in [0.5, 0.6) is 0 Å². The Labute approximate surface area is 186 Å². The van der Waals surface area contributed by atoms with Crippen molar-refractivity contribution in [2.24, 2.45) is 4.99 Å². The fourth-order valence-electron chi connectivity index (χ4n) is 3.79. The van der Waals surface area contributed by atoms with E-state index in [0.717, 1.165) is 63.9 Å². The number of halogens is 1. The number of nitrogens with one attached hydrogen (secondary N) is 3. The molecule has 2 saturated carbocycles. The summed E-state index contributed by atoms with van der Waals surface area (Å²) in [5.74, 6) is 0.779. The minimum absolute atomic E-state index is 0. The van der Waals surface area contributed by atoms with E-state index in [9.17, 15) is 9.90 Å². The molecule has 4 N–H and O–H groups in total. The molecule has 8 heteroatoms. The van der Waals surface area contributed by atoms with Crippen molar-refractivity contribution in [3.05, 3.63) is 0 Å². The minimum Gasteiger partial charge on any atom is -0.444 e. The van der Waals surface area contributed by atoms with Crippen LogP contribution < -0.4 is 16.0 Å². The molecule has 2 aliphatic rings. The van der Waals surface area contributed by atoms with Gasteiger partial charge in [-0.2, -0.15) is 0 Å². The van der Waals surface area contributed by atoms with Crippen LogP contribution in [0, 0.1) is 0 Å². The van der Waals surface area contributed by atoms with Crippen LogP contribution in [0.3, 0.4) is 0 Å². The molecule has 0 bridgehead atoms.